The summed E-state index contributed by atoms with van der Waals surface area (Å²) in [5.74, 6) is 0. The van der Waals surface area contributed by atoms with Crippen molar-refractivity contribution in [3.8, 4) is 0 Å². The van der Waals surface area contributed by atoms with Crippen LogP contribution in [0, 0.1) is 0 Å². The van der Waals surface area contributed by atoms with Crippen molar-refractivity contribution in [3.63, 3.8) is 0 Å². The van der Waals surface area contributed by atoms with Crippen LogP contribution in [0.5, 0.6) is 0 Å². The Hall–Kier alpha value is -0.770. The molecule has 4 nitrogen and oxygen atoms in total. The molecular formula is C12H22N2O2. The van der Waals surface area contributed by atoms with Crippen LogP contribution in [0.15, 0.2) is 0 Å². The van der Waals surface area contributed by atoms with Gasteiger partial charge in [-0.1, -0.05) is 0 Å². The number of morpholine rings is 1. The summed E-state index contributed by atoms with van der Waals surface area (Å²) < 4.78 is 5.44. The van der Waals surface area contributed by atoms with Gasteiger partial charge in [-0.2, -0.15) is 0 Å². The number of hydrogen-bond acceptors (Lipinski definition) is 2. The van der Waals surface area contributed by atoms with E-state index in [0.717, 1.165) is 32.5 Å². The molecule has 0 bridgehead atoms. The molecule has 2 saturated heterocycles. The second-order valence-corrected chi connectivity index (χ2v) is 5.35. The molecule has 16 heavy (non-hydrogen) atoms. The lowest BCUT2D eigenvalue weighted by Gasteiger charge is -2.44. The van der Waals surface area contributed by atoms with E-state index in [2.05, 4.69) is 13.8 Å². The van der Waals surface area contributed by atoms with Crippen molar-refractivity contribution in [3.05, 3.63) is 0 Å². The van der Waals surface area contributed by atoms with E-state index in [-0.39, 0.29) is 11.6 Å². The molecule has 2 heterocycles. The lowest BCUT2D eigenvalue weighted by molar-refractivity contribution is -0.0359. The van der Waals surface area contributed by atoms with Gasteiger partial charge < -0.3 is 14.5 Å². The van der Waals surface area contributed by atoms with Gasteiger partial charge in [0.15, 0.2) is 0 Å². The number of urea groups is 1. The van der Waals surface area contributed by atoms with Crippen molar-refractivity contribution in [1.29, 1.82) is 0 Å². The molecule has 0 aromatic carbocycles. The Labute approximate surface area is 97.5 Å². The highest BCUT2D eigenvalue weighted by Gasteiger charge is 2.36. The molecule has 0 radical (unpaired) electrons. The van der Waals surface area contributed by atoms with E-state index in [1.54, 1.807) is 0 Å². The van der Waals surface area contributed by atoms with E-state index in [4.69, 9.17) is 4.74 Å². The Morgan fingerprint density at radius 1 is 1.12 bits per heavy atom. The summed E-state index contributed by atoms with van der Waals surface area (Å²) >= 11 is 0. The standard InChI is InChI=1S/C12H22N2O2/c1-12(2)10-16-9-8-14(12)11(15)13-6-4-3-5-7-13/h3-10H2,1-2H3. The maximum Gasteiger partial charge on any atom is 0.320 e. The Morgan fingerprint density at radius 2 is 1.81 bits per heavy atom. The van der Waals surface area contributed by atoms with E-state index in [9.17, 15) is 4.79 Å². The largest absolute Gasteiger partial charge is 0.377 e. The van der Waals surface area contributed by atoms with Gasteiger partial charge in [0.1, 0.15) is 0 Å². The number of rotatable bonds is 0. The van der Waals surface area contributed by atoms with Crippen LogP contribution in [-0.2, 0) is 4.74 Å². The summed E-state index contributed by atoms with van der Waals surface area (Å²) in [4.78, 5) is 16.3. The highest BCUT2D eigenvalue weighted by Crippen LogP contribution is 2.22. The van der Waals surface area contributed by atoms with Gasteiger partial charge in [-0.3, -0.25) is 0 Å². The van der Waals surface area contributed by atoms with Gasteiger partial charge in [0.05, 0.1) is 18.8 Å². The topological polar surface area (TPSA) is 32.8 Å². The molecule has 2 amide bonds. The zero-order valence-electron chi connectivity index (χ0n) is 10.4. The summed E-state index contributed by atoms with van der Waals surface area (Å²) in [7, 11) is 0. The zero-order valence-corrected chi connectivity index (χ0v) is 10.4. The first kappa shape index (κ1) is 11.7. The number of hydrogen-bond donors (Lipinski definition) is 0. The summed E-state index contributed by atoms with van der Waals surface area (Å²) in [6, 6.07) is 0.202. The average molecular weight is 226 g/mol. The summed E-state index contributed by atoms with van der Waals surface area (Å²) in [5.41, 5.74) is -0.160. The molecule has 0 unspecified atom stereocenters. The second-order valence-electron chi connectivity index (χ2n) is 5.35. The quantitative estimate of drug-likeness (QED) is 0.630. The third kappa shape index (κ3) is 2.32. The Balaban J connectivity index is 2.01. The lowest BCUT2D eigenvalue weighted by Crippen LogP contribution is -2.59. The monoisotopic (exact) mass is 226 g/mol. The number of amides is 2. The Bertz CT molecular complexity index is 260. The Morgan fingerprint density at radius 3 is 2.44 bits per heavy atom. The fourth-order valence-corrected chi connectivity index (χ4v) is 2.47. The number of carbonyl (C=O) groups excluding carboxylic acids is 1. The maximum atomic E-state index is 12.4. The molecular weight excluding hydrogens is 204 g/mol. The molecule has 2 rings (SSSR count). The van der Waals surface area contributed by atoms with Crippen LogP contribution in [0.2, 0.25) is 0 Å². The lowest BCUT2D eigenvalue weighted by atomic mass is 10.0. The molecule has 2 aliphatic rings. The minimum Gasteiger partial charge on any atom is -0.377 e. The van der Waals surface area contributed by atoms with Gasteiger partial charge in [0.2, 0.25) is 0 Å². The van der Waals surface area contributed by atoms with Gasteiger partial charge in [-0.15, -0.1) is 0 Å². The predicted octanol–water partition coefficient (Wildman–Crippen LogP) is 1.70. The molecule has 0 N–H and O–H groups in total. The molecule has 4 heteroatoms. The zero-order chi connectivity index (χ0) is 11.6. The normalized spacial score (nSPS) is 25.6. The molecule has 0 aromatic rings. The minimum atomic E-state index is -0.160. The second kappa shape index (κ2) is 4.62. The summed E-state index contributed by atoms with van der Waals surface area (Å²) in [6.45, 7) is 8.04. The first-order valence-corrected chi connectivity index (χ1v) is 6.25. The third-order valence-corrected chi connectivity index (χ3v) is 3.50. The predicted molar refractivity (Wildman–Crippen MR) is 62.4 cm³/mol. The maximum absolute atomic E-state index is 12.4. The number of piperidine rings is 1. The van der Waals surface area contributed by atoms with Crippen LogP contribution in [0.4, 0.5) is 4.79 Å². The van der Waals surface area contributed by atoms with Crippen molar-refractivity contribution < 1.29 is 9.53 Å². The van der Waals surface area contributed by atoms with Crippen molar-refractivity contribution >= 4 is 6.03 Å². The fourth-order valence-electron chi connectivity index (χ4n) is 2.47. The number of nitrogens with zero attached hydrogens (tertiary/aromatic N) is 2. The molecule has 2 aliphatic heterocycles. The van der Waals surface area contributed by atoms with Crippen LogP contribution < -0.4 is 0 Å². The van der Waals surface area contributed by atoms with Crippen LogP contribution >= 0.6 is 0 Å². The average Bonchev–Trinajstić information content (AvgIpc) is 2.29. The van der Waals surface area contributed by atoms with Crippen LogP contribution in [0.1, 0.15) is 33.1 Å². The SMILES string of the molecule is CC1(C)COCCN1C(=O)N1CCCCC1. The van der Waals surface area contributed by atoms with Gasteiger partial charge >= 0.3 is 6.03 Å². The molecule has 0 aliphatic carbocycles. The van der Waals surface area contributed by atoms with Crippen LogP contribution in [0.3, 0.4) is 0 Å². The van der Waals surface area contributed by atoms with Crippen molar-refractivity contribution in [2.24, 2.45) is 0 Å². The third-order valence-electron chi connectivity index (χ3n) is 3.50. The summed E-state index contributed by atoms with van der Waals surface area (Å²) in [5, 5.41) is 0. The van der Waals surface area contributed by atoms with Gasteiger partial charge in [-0.25, -0.2) is 4.79 Å². The number of likely N-dealkylation sites (tertiary alicyclic amines) is 1. The van der Waals surface area contributed by atoms with E-state index in [0.29, 0.717) is 13.2 Å². The molecule has 0 aromatic heterocycles. The number of carbonyl (C=O) groups is 1. The van der Waals surface area contributed by atoms with Crippen LogP contribution in [-0.4, -0.2) is 54.2 Å². The smallest absolute Gasteiger partial charge is 0.320 e. The molecule has 92 valence electrons. The first-order valence-electron chi connectivity index (χ1n) is 6.25. The molecule has 0 saturated carbocycles. The highest BCUT2D eigenvalue weighted by atomic mass is 16.5. The van der Waals surface area contributed by atoms with Crippen LogP contribution in [0.25, 0.3) is 0 Å². The number of ether oxygens (including phenoxy) is 1. The Kier molecular flexibility index (Phi) is 3.38. The molecule has 0 atom stereocenters. The van der Waals surface area contributed by atoms with E-state index in [1.165, 1.54) is 6.42 Å². The minimum absolute atomic E-state index is 0.160. The van der Waals surface area contributed by atoms with Gasteiger partial charge in [-0.05, 0) is 33.1 Å². The molecule has 2 fully saturated rings. The van der Waals surface area contributed by atoms with Gasteiger partial charge in [0.25, 0.3) is 0 Å². The fraction of sp³-hybridized carbons (Fsp3) is 0.917. The van der Waals surface area contributed by atoms with Crippen molar-refractivity contribution in [1.82, 2.24) is 9.80 Å². The van der Waals surface area contributed by atoms with E-state index < -0.39 is 0 Å². The van der Waals surface area contributed by atoms with Gasteiger partial charge in [0, 0.05) is 19.6 Å². The van der Waals surface area contributed by atoms with E-state index in [1.807, 2.05) is 9.80 Å². The highest BCUT2D eigenvalue weighted by molar-refractivity contribution is 5.75. The van der Waals surface area contributed by atoms with E-state index >= 15 is 0 Å². The summed E-state index contributed by atoms with van der Waals surface area (Å²) in [6.07, 6.45) is 3.56. The van der Waals surface area contributed by atoms with Crippen molar-refractivity contribution in [2.75, 3.05) is 32.8 Å². The molecule has 0 spiro atoms. The van der Waals surface area contributed by atoms with Crippen molar-refractivity contribution in [2.45, 2.75) is 38.6 Å². The first-order chi connectivity index (χ1) is 7.61.